The molecule has 0 aliphatic carbocycles. The lowest BCUT2D eigenvalue weighted by Crippen LogP contribution is -2.20. The van der Waals surface area contributed by atoms with Crippen molar-refractivity contribution in [2.24, 2.45) is 19.8 Å². The Morgan fingerprint density at radius 2 is 1.89 bits per heavy atom. The Bertz CT molecular complexity index is 1820. The minimum absolute atomic E-state index is 0.119. The molecule has 2 amide bonds. The lowest BCUT2D eigenvalue weighted by atomic mass is 10.0. The summed E-state index contributed by atoms with van der Waals surface area (Å²) in [4.78, 5) is 42.3. The van der Waals surface area contributed by atoms with Crippen LogP contribution in [-0.4, -0.2) is 40.8 Å². The predicted molar refractivity (Wildman–Crippen MR) is 140 cm³/mol. The summed E-state index contributed by atoms with van der Waals surface area (Å²) in [5.41, 5.74) is 6.95. The summed E-state index contributed by atoms with van der Waals surface area (Å²) in [7, 11) is 3.33. The fraction of sp³-hybridized carbons (Fsp3) is 0.125. The van der Waals surface area contributed by atoms with Crippen molar-refractivity contribution < 1.29 is 14.7 Å². The number of primary amides is 1. The molecule has 0 atom stereocenters. The Morgan fingerprint density at radius 1 is 1.14 bits per heavy atom. The number of halogens is 2. The average molecular weight is 540 g/mol. The van der Waals surface area contributed by atoms with Crippen molar-refractivity contribution in [2.75, 3.05) is 5.32 Å². The van der Waals surface area contributed by atoms with E-state index in [2.05, 4.69) is 15.4 Å². The number of nitrogens with zero attached hydrogens (tertiary/aromatic N) is 5. The number of benzene rings is 2. The van der Waals surface area contributed by atoms with E-state index in [1.165, 1.54) is 34.6 Å². The van der Waals surface area contributed by atoms with E-state index in [9.17, 15) is 19.5 Å². The van der Waals surface area contributed by atoms with Gasteiger partial charge in [0.15, 0.2) is 0 Å². The van der Waals surface area contributed by atoms with Crippen LogP contribution in [0.4, 0.5) is 5.69 Å². The number of nitrogens with two attached hydrogens (primary N) is 1. The number of carbonyl (C=O) groups is 2. The first kappa shape index (κ1) is 24.3. The van der Waals surface area contributed by atoms with Gasteiger partial charge in [-0.05, 0) is 29.8 Å². The second-order valence-electron chi connectivity index (χ2n) is 8.46. The molecule has 3 aromatic heterocycles. The smallest absolute Gasteiger partial charge is 0.263 e. The average Bonchev–Trinajstić information content (AvgIpc) is 3.38. The molecule has 0 saturated carbocycles. The molecule has 0 fully saturated rings. The van der Waals surface area contributed by atoms with E-state index in [1.807, 2.05) is 0 Å². The number of nitrogens with one attached hydrogen (secondary N) is 1. The number of anilines is 1. The molecule has 5 rings (SSSR count). The van der Waals surface area contributed by atoms with Crippen molar-refractivity contribution in [1.82, 2.24) is 23.9 Å². The van der Waals surface area contributed by atoms with Crippen LogP contribution in [0.5, 0.6) is 5.75 Å². The highest BCUT2D eigenvalue weighted by Gasteiger charge is 2.21. The standard InChI is InChI=1S/C24H19Cl2N7O4/c1-31-10-28-23-20(24(31)37)14(11-3-13(22(27)36)21(35)16(26)4-11)8-33(23)9-19(34)30-17-5-12-7-29-32(2)18(12)6-15(17)25/h3-8,10,35H,9H2,1-2H3,(H2,27,36)(H,30,34). The highest BCUT2D eigenvalue weighted by molar-refractivity contribution is 6.34. The van der Waals surface area contributed by atoms with Crippen LogP contribution in [0.15, 0.2) is 47.8 Å². The summed E-state index contributed by atoms with van der Waals surface area (Å²) in [6.07, 6.45) is 4.56. The van der Waals surface area contributed by atoms with Crippen LogP contribution in [0, 0.1) is 0 Å². The van der Waals surface area contributed by atoms with E-state index in [1.54, 1.807) is 36.3 Å². The molecule has 13 heteroatoms. The normalized spacial score (nSPS) is 11.4. The summed E-state index contributed by atoms with van der Waals surface area (Å²) in [6.45, 7) is -0.202. The molecule has 5 aromatic rings. The van der Waals surface area contributed by atoms with Crippen molar-refractivity contribution in [3.05, 3.63) is 68.9 Å². The number of carbonyl (C=O) groups excluding carboxylic acids is 2. The lowest BCUT2D eigenvalue weighted by molar-refractivity contribution is -0.116. The topological polar surface area (TPSA) is 150 Å². The van der Waals surface area contributed by atoms with Crippen LogP contribution in [-0.2, 0) is 25.4 Å². The van der Waals surface area contributed by atoms with Gasteiger partial charge in [0.2, 0.25) is 5.91 Å². The third-order valence-corrected chi connectivity index (χ3v) is 6.60. The number of phenols is 1. The van der Waals surface area contributed by atoms with Gasteiger partial charge in [-0.1, -0.05) is 23.2 Å². The molecule has 0 aliphatic rings. The SMILES string of the molecule is Cn1cnc2c(c(-c3cc(Cl)c(O)c(C(N)=O)c3)cn2CC(=O)Nc2cc3cnn(C)c3cc2Cl)c1=O. The maximum absolute atomic E-state index is 13.1. The first-order chi connectivity index (χ1) is 17.5. The van der Waals surface area contributed by atoms with Crippen LogP contribution >= 0.6 is 23.2 Å². The van der Waals surface area contributed by atoms with Crippen LogP contribution in [0.3, 0.4) is 0 Å². The number of fused-ring (bicyclic) bond motifs is 2. The lowest BCUT2D eigenvalue weighted by Gasteiger charge is -2.09. The Balaban J connectivity index is 1.57. The first-order valence-electron chi connectivity index (χ1n) is 10.8. The van der Waals surface area contributed by atoms with E-state index < -0.39 is 17.6 Å². The van der Waals surface area contributed by atoms with Crippen molar-refractivity contribution in [1.29, 1.82) is 0 Å². The molecule has 2 aromatic carbocycles. The predicted octanol–water partition coefficient (Wildman–Crippen LogP) is 3.04. The van der Waals surface area contributed by atoms with Gasteiger partial charge in [0.1, 0.15) is 17.9 Å². The number of rotatable bonds is 5. The second kappa shape index (κ2) is 8.95. The second-order valence-corrected chi connectivity index (χ2v) is 9.27. The summed E-state index contributed by atoms with van der Waals surface area (Å²) in [6, 6.07) is 6.16. The molecule has 0 aliphatic heterocycles. The van der Waals surface area contributed by atoms with Crippen LogP contribution < -0.4 is 16.6 Å². The molecule has 0 bridgehead atoms. The Kier molecular flexibility index (Phi) is 5.89. The monoisotopic (exact) mass is 539 g/mol. The summed E-state index contributed by atoms with van der Waals surface area (Å²) < 4.78 is 4.46. The molecule has 0 spiro atoms. The molecule has 37 heavy (non-hydrogen) atoms. The van der Waals surface area contributed by atoms with Gasteiger partial charge >= 0.3 is 0 Å². The molecule has 188 valence electrons. The number of amides is 2. The minimum Gasteiger partial charge on any atom is -0.506 e. The molecular weight excluding hydrogens is 521 g/mol. The molecule has 0 unspecified atom stereocenters. The number of hydrogen-bond acceptors (Lipinski definition) is 6. The largest absolute Gasteiger partial charge is 0.506 e. The van der Waals surface area contributed by atoms with Gasteiger partial charge in [0.25, 0.3) is 11.5 Å². The third-order valence-electron chi connectivity index (χ3n) is 6.00. The maximum atomic E-state index is 13.1. The van der Waals surface area contributed by atoms with Gasteiger partial charge in [-0.15, -0.1) is 0 Å². The van der Waals surface area contributed by atoms with Gasteiger partial charge in [-0.2, -0.15) is 5.10 Å². The van der Waals surface area contributed by atoms with Gasteiger partial charge in [-0.25, -0.2) is 4.98 Å². The summed E-state index contributed by atoms with van der Waals surface area (Å²) in [5.74, 6) is -1.77. The van der Waals surface area contributed by atoms with Crippen molar-refractivity contribution in [2.45, 2.75) is 6.54 Å². The van der Waals surface area contributed by atoms with Gasteiger partial charge < -0.3 is 25.3 Å². The fourth-order valence-electron chi connectivity index (χ4n) is 4.16. The molecular formula is C24H19Cl2N7O4. The van der Waals surface area contributed by atoms with Crippen molar-refractivity contribution >= 4 is 62.6 Å². The molecule has 11 nitrogen and oxygen atoms in total. The molecule has 4 N–H and O–H groups in total. The van der Waals surface area contributed by atoms with E-state index in [4.69, 9.17) is 28.9 Å². The fourth-order valence-corrected chi connectivity index (χ4v) is 4.59. The highest BCUT2D eigenvalue weighted by atomic mass is 35.5. The van der Waals surface area contributed by atoms with Crippen molar-refractivity contribution in [3.8, 4) is 16.9 Å². The van der Waals surface area contributed by atoms with Gasteiger partial charge in [0, 0.05) is 31.2 Å². The first-order valence-corrected chi connectivity index (χ1v) is 11.6. The van der Waals surface area contributed by atoms with Crippen LogP contribution in [0.1, 0.15) is 10.4 Å². The summed E-state index contributed by atoms with van der Waals surface area (Å²) >= 11 is 12.5. The maximum Gasteiger partial charge on any atom is 0.263 e. The Morgan fingerprint density at radius 3 is 2.62 bits per heavy atom. The Hall–Kier alpha value is -4.35. The number of aryl methyl sites for hydroxylation is 2. The zero-order valence-electron chi connectivity index (χ0n) is 19.5. The van der Waals surface area contributed by atoms with Crippen LogP contribution in [0.2, 0.25) is 10.0 Å². The van der Waals surface area contributed by atoms with Gasteiger partial charge in [-0.3, -0.25) is 19.1 Å². The Labute approximate surface area is 218 Å². The van der Waals surface area contributed by atoms with E-state index in [0.29, 0.717) is 21.8 Å². The zero-order valence-corrected chi connectivity index (χ0v) is 21.0. The number of aromatic nitrogens is 5. The number of hydrogen-bond donors (Lipinski definition) is 3. The summed E-state index contributed by atoms with van der Waals surface area (Å²) in [5, 5.41) is 18.3. The van der Waals surface area contributed by atoms with Crippen LogP contribution in [0.25, 0.3) is 33.1 Å². The minimum atomic E-state index is -0.891. The number of aromatic hydroxyl groups is 1. The van der Waals surface area contributed by atoms with E-state index in [-0.39, 0.29) is 33.7 Å². The van der Waals surface area contributed by atoms with Gasteiger partial charge in [0.05, 0.1) is 44.7 Å². The van der Waals surface area contributed by atoms with E-state index in [0.717, 1.165) is 10.9 Å². The zero-order chi connectivity index (χ0) is 26.6. The molecule has 3 heterocycles. The van der Waals surface area contributed by atoms with Crippen molar-refractivity contribution in [3.63, 3.8) is 0 Å². The quantitative estimate of drug-likeness (QED) is 0.312. The third kappa shape index (κ3) is 4.17. The highest BCUT2D eigenvalue weighted by Crippen LogP contribution is 2.36. The molecule has 0 saturated heterocycles. The molecule has 0 radical (unpaired) electrons. The van der Waals surface area contributed by atoms with E-state index >= 15 is 0 Å².